The van der Waals surface area contributed by atoms with Gasteiger partial charge in [0.15, 0.2) is 6.61 Å². The summed E-state index contributed by atoms with van der Waals surface area (Å²) in [6.45, 7) is 3.12. The lowest BCUT2D eigenvalue weighted by Gasteiger charge is -2.20. The highest BCUT2D eigenvalue weighted by atomic mass is 16.5. The largest absolute Gasteiger partial charge is 0.452 e. The van der Waals surface area contributed by atoms with Crippen LogP contribution >= 0.6 is 0 Å². The van der Waals surface area contributed by atoms with Gasteiger partial charge in [-0.1, -0.05) is 25.0 Å². The van der Waals surface area contributed by atoms with Gasteiger partial charge in [-0.05, 0) is 31.4 Å². The molecule has 1 amide bonds. The Balaban J connectivity index is 1.91. The Morgan fingerprint density at radius 3 is 2.52 bits per heavy atom. The third-order valence-corrected chi connectivity index (χ3v) is 3.83. The number of ether oxygens (including phenoxy) is 1. The summed E-state index contributed by atoms with van der Waals surface area (Å²) >= 11 is 0. The molecule has 1 aromatic carbocycles. The Morgan fingerprint density at radius 2 is 1.86 bits per heavy atom. The Bertz CT molecular complexity index is 520. The number of nitrogen functional groups attached to an aromatic ring is 1. The van der Waals surface area contributed by atoms with Crippen LogP contribution in [0, 0.1) is 6.92 Å². The minimum absolute atomic E-state index is 0.128. The number of amides is 1. The Morgan fingerprint density at radius 1 is 1.19 bits per heavy atom. The van der Waals surface area contributed by atoms with Gasteiger partial charge in [0.2, 0.25) is 0 Å². The summed E-state index contributed by atoms with van der Waals surface area (Å²) in [5, 5.41) is 0. The SMILES string of the molecule is Cc1cccc(C(=O)OCC(=O)N2CCCCCC2)c1N. The van der Waals surface area contributed by atoms with Crippen LogP contribution < -0.4 is 5.73 Å². The van der Waals surface area contributed by atoms with Gasteiger partial charge >= 0.3 is 5.97 Å². The van der Waals surface area contributed by atoms with Crippen LogP contribution in [0.5, 0.6) is 0 Å². The predicted octanol–water partition coefficient (Wildman–Crippen LogP) is 2.14. The molecule has 1 fully saturated rings. The molecule has 5 heteroatoms. The van der Waals surface area contributed by atoms with E-state index in [1.807, 2.05) is 13.0 Å². The van der Waals surface area contributed by atoms with Gasteiger partial charge < -0.3 is 15.4 Å². The summed E-state index contributed by atoms with van der Waals surface area (Å²) in [5.41, 5.74) is 7.41. The third-order valence-electron chi connectivity index (χ3n) is 3.83. The zero-order chi connectivity index (χ0) is 15.2. The molecule has 0 unspecified atom stereocenters. The molecule has 0 aliphatic carbocycles. The Kier molecular flexibility index (Phi) is 5.20. The molecule has 5 nitrogen and oxygen atoms in total. The molecule has 1 aliphatic rings. The minimum Gasteiger partial charge on any atom is -0.452 e. The van der Waals surface area contributed by atoms with Crippen LogP contribution in [0.3, 0.4) is 0 Å². The predicted molar refractivity (Wildman–Crippen MR) is 80.9 cm³/mol. The van der Waals surface area contributed by atoms with E-state index in [1.54, 1.807) is 17.0 Å². The number of rotatable bonds is 3. The molecule has 2 rings (SSSR count). The number of nitrogens with zero attached hydrogens (tertiary/aromatic N) is 1. The second-order valence-electron chi connectivity index (χ2n) is 5.41. The van der Waals surface area contributed by atoms with Gasteiger partial charge in [-0.2, -0.15) is 0 Å². The quantitative estimate of drug-likeness (QED) is 0.683. The van der Waals surface area contributed by atoms with Gasteiger partial charge in [0.25, 0.3) is 5.91 Å². The van der Waals surface area contributed by atoms with Crippen molar-refractivity contribution in [2.24, 2.45) is 0 Å². The monoisotopic (exact) mass is 290 g/mol. The zero-order valence-corrected chi connectivity index (χ0v) is 12.4. The average Bonchev–Trinajstić information content (AvgIpc) is 2.76. The molecule has 0 spiro atoms. The molecule has 1 aromatic rings. The number of carbonyl (C=O) groups excluding carboxylic acids is 2. The van der Waals surface area contributed by atoms with Gasteiger partial charge in [-0.15, -0.1) is 0 Å². The van der Waals surface area contributed by atoms with Gasteiger partial charge in [0.05, 0.1) is 5.56 Å². The van der Waals surface area contributed by atoms with E-state index in [0.717, 1.165) is 44.3 Å². The number of carbonyl (C=O) groups is 2. The Hall–Kier alpha value is -2.04. The summed E-state index contributed by atoms with van der Waals surface area (Å²) in [6.07, 6.45) is 4.35. The van der Waals surface area contributed by atoms with E-state index in [0.29, 0.717) is 11.3 Å². The van der Waals surface area contributed by atoms with Crippen molar-refractivity contribution in [2.75, 3.05) is 25.4 Å². The van der Waals surface area contributed by atoms with Gasteiger partial charge in [-0.25, -0.2) is 4.79 Å². The highest BCUT2D eigenvalue weighted by Crippen LogP contribution is 2.17. The normalized spacial score (nSPS) is 15.4. The fourth-order valence-electron chi connectivity index (χ4n) is 2.48. The number of hydrogen-bond donors (Lipinski definition) is 1. The first kappa shape index (κ1) is 15.4. The standard InChI is InChI=1S/C16H22N2O3/c1-12-7-6-8-13(15(12)17)16(20)21-11-14(19)18-9-4-2-3-5-10-18/h6-8H,2-5,9-11,17H2,1H3. The van der Waals surface area contributed by atoms with Crippen molar-refractivity contribution in [1.82, 2.24) is 4.90 Å². The molecular weight excluding hydrogens is 268 g/mol. The van der Waals surface area contributed by atoms with E-state index in [9.17, 15) is 9.59 Å². The highest BCUT2D eigenvalue weighted by molar-refractivity contribution is 5.96. The zero-order valence-electron chi connectivity index (χ0n) is 12.4. The van der Waals surface area contributed by atoms with Gasteiger partial charge in [0.1, 0.15) is 0 Å². The van der Waals surface area contributed by atoms with Crippen molar-refractivity contribution in [3.05, 3.63) is 29.3 Å². The van der Waals surface area contributed by atoms with Crippen LogP contribution in [0.15, 0.2) is 18.2 Å². The first-order valence-electron chi connectivity index (χ1n) is 7.39. The number of anilines is 1. The summed E-state index contributed by atoms with van der Waals surface area (Å²) in [4.78, 5) is 25.8. The van der Waals surface area contributed by atoms with Crippen molar-refractivity contribution in [2.45, 2.75) is 32.6 Å². The maximum Gasteiger partial charge on any atom is 0.340 e. The average molecular weight is 290 g/mol. The molecule has 0 radical (unpaired) electrons. The van der Waals surface area contributed by atoms with Crippen LogP contribution in [0.25, 0.3) is 0 Å². The third kappa shape index (κ3) is 3.97. The number of hydrogen-bond acceptors (Lipinski definition) is 4. The molecule has 1 heterocycles. The van der Waals surface area contributed by atoms with Crippen LogP contribution in [0.1, 0.15) is 41.6 Å². The number of aryl methyl sites for hydroxylation is 1. The maximum atomic E-state index is 12.1. The molecule has 1 saturated heterocycles. The molecule has 1 aliphatic heterocycles. The fraction of sp³-hybridized carbons (Fsp3) is 0.500. The van der Waals surface area contributed by atoms with E-state index in [-0.39, 0.29) is 12.5 Å². The van der Waals surface area contributed by atoms with E-state index >= 15 is 0 Å². The molecule has 0 saturated carbocycles. The van der Waals surface area contributed by atoms with Crippen LogP contribution in [0.2, 0.25) is 0 Å². The van der Waals surface area contributed by atoms with Gasteiger partial charge in [-0.3, -0.25) is 4.79 Å². The van der Waals surface area contributed by atoms with Gasteiger partial charge in [0, 0.05) is 18.8 Å². The summed E-state index contributed by atoms with van der Waals surface area (Å²) in [7, 11) is 0. The lowest BCUT2D eigenvalue weighted by molar-refractivity contribution is -0.134. The highest BCUT2D eigenvalue weighted by Gasteiger charge is 2.18. The number of likely N-dealkylation sites (tertiary alicyclic amines) is 1. The number of benzene rings is 1. The van der Waals surface area contributed by atoms with Crippen molar-refractivity contribution in [3.63, 3.8) is 0 Å². The molecule has 0 atom stereocenters. The molecule has 0 bridgehead atoms. The molecule has 0 aromatic heterocycles. The van der Waals surface area contributed by atoms with Crippen LogP contribution in [-0.2, 0) is 9.53 Å². The van der Waals surface area contributed by atoms with Crippen molar-refractivity contribution < 1.29 is 14.3 Å². The number of para-hydroxylation sites is 1. The first-order valence-corrected chi connectivity index (χ1v) is 7.39. The molecule has 114 valence electrons. The minimum atomic E-state index is -0.542. The second-order valence-corrected chi connectivity index (χ2v) is 5.41. The van der Waals surface area contributed by atoms with Crippen LogP contribution in [0.4, 0.5) is 5.69 Å². The molecular formula is C16H22N2O3. The smallest absolute Gasteiger partial charge is 0.340 e. The summed E-state index contributed by atoms with van der Waals surface area (Å²) in [6, 6.07) is 5.19. The summed E-state index contributed by atoms with van der Waals surface area (Å²) < 4.78 is 5.11. The van der Waals surface area contributed by atoms with Crippen molar-refractivity contribution >= 4 is 17.6 Å². The molecule has 21 heavy (non-hydrogen) atoms. The van der Waals surface area contributed by atoms with Crippen molar-refractivity contribution in [3.8, 4) is 0 Å². The van der Waals surface area contributed by atoms with E-state index < -0.39 is 5.97 Å². The Labute approximate surface area is 125 Å². The number of esters is 1. The summed E-state index contributed by atoms with van der Waals surface area (Å²) in [5.74, 6) is -0.671. The van der Waals surface area contributed by atoms with Crippen LogP contribution in [-0.4, -0.2) is 36.5 Å². The topological polar surface area (TPSA) is 72.6 Å². The lowest BCUT2D eigenvalue weighted by atomic mass is 10.1. The first-order chi connectivity index (χ1) is 10.1. The lowest BCUT2D eigenvalue weighted by Crippen LogP contribution is -2.35. The fourth-order valence-corrected chi connectivity index (χ4v) is 2.48. The van der Waals surface area contributed by atoms with E-state index in [1.165, 1.54) is 0 Å². The van der Waals surface area contributed by atoms with E-state index in [2.05, 4.69) is 0 Å². The van der Waals surface area contributed by atoms with E-state index in [4.69, 9.17) is 10.5 Å². The molecule has 2 N–H and O–H groups in total. The second kappa shape index (κ2) is 7.11. The maximum absolute atomic E-state index is 12.1. The number of nitrogens with two attached hydrogens (primary N) is 1. The van der Waals surface area contributed by atoms with Crippen molar-refractivity contribution in [1.29, 1.82) is 0 Å².